The Morgan fingerprint density at radius 3 is 2.60 bits per heavy atom. The molecule has 178 valence electrons. The molecule has 1 aliphatic heterocycles. The number of amides is 2. The SMILES string of the molecule is CC#CC(=O)N1CCC2C[C@H](n3nc(-c4ccc(Oc5ccccc5)cn4)c(C(N)=O)c3N)CC21. The van der Waals surface area contributed by atoms with E-state index >= 15 is 0 Å². The van der Waals surface area contributed by atoms with Crippen LogP contribution in [-0.4, -0.2) is 44.1 Å². The van der Waals surface area contributed by atoms with Gasteiger partial charge in [0.1, 0.15) is 28.6 Å². The highest BCUT2D eigenvalue weighted by atomic mass is 16.5. The van der Waals surface area contributed by atoms with Crippen LogP contribution < -0.4 is 16.2 Å². The Morgan fingerprint density at radius 2 is 1.91 bits per heavy atom. The molecule has 35 heavy (non-hydrogen) atoms. The topological polar surface area (TPSA) is 129 Å². The third kappa shape index (κ3) is 4.19. The highest BCUT2D eigenvalue weighted by Crippen LogP contribution is 2.45. The Hall–Kier alpha value is -4.32. The largest absolute Gasteiger partial charge is 0.456 e. The molecule has 1 saturated carbocycles. The van der Waals surface area contributed by atoms with Crippen LogP contribution in [0.25, 0.3) is 11.4 Å². The monoisotopic (exact) mass is 470 g/mol. The number of fused-ring (bicyclic) bond motifs is 1. The van der Waals surface area contributed by atoms with Gasteiger partial charge in [0.15, 0.2) is 0 Å². The van der Waals surface area contributed by atoms with Crippen LogP contribution in [0.1, 0.15) is 42.6 Å². The highest BCUT2D eigenvalue weighted by molar-refractivity contribution is 6.03. The lowest BCUT2D eigenvalue weighted by Crippen LogP contribution is -2.35. The van der Waals surface area contributed by atoms with E-state index in [-0.39, 0.29) is 29.4 Å². The Balaban J connectivity index is 1.41. The molecule has 3 atom stereocenters. The minimum atomic E-state index is -0.664. The Kier molecular flexibility index (Phi) is 5.87. The molecule has 2 aromatic heterocycles. The van der Waals surface area contributed by atoms with Gasteiger partial charge < -0.3 is 21.1 Å². The van der Waals surface area contributed by atoms with Crippen LogP contribution in [0.4, 0.5) is 5.82 Å². The maximum Gasteiger partial charge on any atom is 0.298 e. The molecule has 0 bridgehead atoms. The van der Waals surface area contributed by atoms with Crippen LogP contribution in [0.5, 0.6) is 11.5 Å². The molecule has 0 spiro atoms. The minimum absolute atomic E-state index is 0.0530. The van der Waals surface area contributed by atoms with Crippen LogP contribution in [0.2, 0.25) is 0 Å². The van der Waals surface area contributed by atoms with Crippen LogP contribution in [0.3, 0.4) is 0 Å². The number of pyridine rings is 1. The third-order valence-corrected chi connectivity index (χ3v) is 6.76. The van der Waals surface area contributed by atoms with Gasteiger partial charge in [0, 0.05) is 12.6 Å². The number of nitrogens with two attached hydrogens (primary N) is 2. The molecule has 3 aromatic rings. The fourth-order valence-corrected chi connectivity index (χ4v) is 5.22. The predicted octanol–water partition coefficient (Wildman–Crippen LogP) is 2.99. The fraction of sp³-hybridized carbons (Fsp3) is 0.308. The summed E-state index contributed by atoms with van der Waals surface area (Å²) in [4.78, 5) is 31.0. The van der Waals surface area contributed by atoms with Crippen molar-refractivity contribution in [1.82, 2.24) is 19.7 Å². The lowest BCUT2D eigenvalue weighted by atomic mass is 10.0. The summed E-state index contributed by atoms with van der Waals surface area (Å²) in [5.41, 5.74) is 13.0. The summed E-state index contributed by atoms with van der Waals surface area (Å²) in [5, 5.41) is 4.69. The van der Waals surface area contributed by atoms with Crippen molar-refractivity contribution in [3.63, 3.8) is 0 Å². The van der Waals surface area contributed by atoms with Crippen LogP contribution >= 0.6 is 0 Å². The molecular formula is C26H26N6O3. The Labute approximate surface area is 203 Å². The van der Waals surface area contributed by atoms with Gasteiger partial charge in [-0.25, -0.2) is 4.68 Å². The molecule has 2 fully saturated rings. The number of rotatable bonds is 5. The van der Waals surface area contributed by atoms with Crippen molar-refractivity contribution in [2.24, 2.45) is 11.7 Å². The number of hydrogen-bond acceptors (Lipinski definition) is 6. The lowest BCUT2D eigenvalue weighted by Gasteiger charge is -2.22. The van der Waals surface area contributed by atoms with Crippen molar-refractivity contribution in [2.45, 2.75) is 38.3 Å². The zero-order chi connectivity index (χ0) is 24.5. The zero-order valence-electron chi connectivity index (χ0n) is 19.3. The summed E-state index contributed by atoms with van der Waals surface area (Å²) in [7, 11) is 0. The van der Waals surface area contributed by atoms with Crippen molar-refractivity contribution in [3.8, 4) is 34.7 Å². The third-order valence-electron chi connectivity index (χ3n) is 6.76. The molecule has 2 amide bonds. The number of primary amides is 1. The van der Waals surface area contributed by atoms with E-state index in [4.69, 9.17) is 16.2 Å². The molecule has 9 nitrogen and oxygen atoms in total. The van der Waals surface area contributed by atoms with Crippen molar-refractivity contribution in [2.75, 3.05) is 12.3 Å². The van der Waals surface area contributed by atoms with Gasteiger partial charge >= 0.3 is 0 Å². The number of carbonyl (C=O) groups is 2. The number of ether oxygens (including phenoxy) is 1. The average Bonchev–Trinajstić information content (AvgIpc) is 3.52. The zero-order valence-corrected chi connectivity index (χ0v) is 19.3. The molecule has 3 heterocycles. The fourth-order valence-electron chi connectivity index (χ4n) is 5.22. The van der Waals surface area contributed by atoms with Crippen LogP contribution in [-0.2, 0) is 4.79 Å². The van der Waals surface area contributed by atoms with Gasteiger partial charge in [0.2, 0.25) is 0 Å². The lowest BCUT2D eigenvalue weighted by molar-refractivity contribution is -0.126. The van der Waals surface area contributed by atoms with E-state index in [1.54, 1.807) is 29.9 Å². The van der Waals surface area contributed by atoms with Gasteiger partial charge in [-0.05, 0) is 62.3 Å². The second kappa shape index (κ2) is 9.14. The summed E-state index contributed by atoms with van der Waals surface area (Å²) in [5.74, 6) is 6.34. The summed E-state index contributed by atoms with van der Waals surface area (Å²) < 4.78 is 7.48. The molecular weight excluding hydrogens is 444 g/mol. The van der Waals surface area contributed by atoms with E-state index in [9.17, 15) is 9.59 Å². The number of likely N-dealkylation sites (tertiary alicyclic amines) is 1. The molecule has 2 aliphatic rings. The number of hydrogen-bond donors (Lipinski definition) is 2. The molecule has 1 saturated heterocycles. The van der Waals surface area contributed by atoms with Gasteiger partial charge in [-0.3, -0.25) is 14.6 Å². The quantitative estimate of drug-likeness (QED) is 0.552. The summed E-state index contributed by atoms with van der Waals surface area (Å²) in [6.07, 6.45) is 4.00. The number of benzene rings is 1. The average molecular weight is 471 g/mol. The first kappa shape index (κ1) is 22.5. The molecule has 4 N–H and O–H groups in total. The van der Waals surface area contributed by atoms with Gasteiger partial charge in [0.05, 0.1) is 17.9 Å². The normalized spacial score (nSPS) is 20.7. The van der Waals surface area contributed by atoms with E-state index in [0.29, 0.717) is 41.8 Å². The van der Waals surface area contributed by atoms with Crippen LogP contribution in [0.15, 0.2) is 48.7 Å². The van der Waals surface area contributed by atoms with Crippen molar-refractivity contribution in [1.29, 1.82) is 0 Å². The first-order chi connectivity index (χ1) is 17.0. The number of carbonyl (C=O) groups excluding carboxylic acids is 2. The van der Waals surface area contributed by atoms with E-state index in [2.05, 4.69) is 21.9 Å². The summed E-state index contributed by atoms with van der Waals surface area (Å²) in [6.45, 7) is 2.37. The van der Waals surface area contributed by atoms with Gasteiger partial charge in [-0.15, -0.1) is 0 Å². The number of aromatic nitrogens is 3. The van der Waals surface area contributed by atoms with Crippen molar-refractivity contribution < 1.29 is 14.3 Å². The first-order valence-corrected chi connectivity index (χ1v) is 11.6. The second-order valence-electron chi connectivity index (χ2n) is 8.83. The second-order valence-corrected chi connectivity index (χ2v) is 8.83. The van der Waals surface area contributed by atoms with E-state index in [0.717, 1.165) is 12.8 Å². The van der Waals surface area contributed by atoms with E-state index < -0.39 is 5.91 Å². The molecule has 2 unspecified atom stereocenters. The van der Waals surface area contributed by atoms with Crippen molar-refractivity contribution >= 4 is 17.6 Å². The summed E-state index contributed by atoms with van der Waals surface area (Å²) >= 11 is 0. The van der Waals surface area contributed by atoms with Gasteiger partial charge in [-0.2, -0.15) is 5.10 Å². The Bertz CT molecular complexity index is 1320. The maximum absolute atomic E-state index is 12.4. The number of anilines is 1. The smallest absolute Gasteiger partial charge is 0.298 e. The summed E-state index contributed by atoms with van der Waals surface area (Å²) in [6, 6.07) is 12.9. The molecule has 1 aliphatic carbocycles. The maximum atomic E-state index is 12.4. The molecule has 1 aromatic carbocycles. The minimum Gasteiger partial charge on any atom is -0.456 e. The van der Waals surface area contributed by atoms with E-state index in [1.807, 2.05) is 35.2 Å². The van der Waals surface area contributed by atoms with Crippen molar-refractivity contribution in [3.05, 3.63) is 54.2 Å². The van der Waals surface area contributed by atoms with Crippen LogP contribution in [0, 0.1) is 17.8 Å². The number of nitrogens with zero attached hydrogens (tertiary/aromatic N) is 4. The van der Waals surface area contributed by atoms with Gasteiger partial charge in [-0.1, -0.05) is 24.1 Å². The number of para-hydroxylation sites is 1. The molecule has 9 heteroatoms. The standard InChI is InChI=1S/C26H26N6O3/c1-2-6-22(33)31-12-11-16-13-17(14-21(16)31)32-25(27)23(26(28)34)24(30-32)20-10-9-19(15-29-20)35-18-7-4-3-5-8-18/h3-5,7-10,15-17,21H,11-14,27H2,1H3,(H2,28,34)/t16?,17-,21?/m0/s1. The number of nitrogen functional groups attached to an aromatic ring is 1. The highest BCUT2D eigenvalue weighted by Gasteiger charge is 2.45. The van der Waals surface area contributed by atoms with E-state index in [1.165, 1.54) is 0 Å². The first-order valence-electron chi connectivity index (χ1n) is 11.6. The van der Waals surface area contributed by atoms with Gasteiger partial charge in [0.25, 0.3) is 11.8 Å². The molecule has 5 rings (SSSR count). The Morgan fingerprint density at radius 1 is 1.11 bits per heavy atom. The molecule has 0 radical (unpaired) electrons. The predicted molar refractivity (Wildman–Crippen MR) is 130 cm³/mol.